The summed E-state index contributed by atoms with van der Waals surface area (Å²) in [5.41, 5.74) is 4.56. The van der Waals surface area contributed by atoms with Crippen molar-refractivity contribution in [2.75, 3.05) is 0 Å². The van der Waals surface area contributed by atoms with Crippen molar-refractivity contribution < 1.29 is 8.42 Å². The first-order valence-corrected chi connectivity index (χ1v) is 10.7. The van der Waals surface area contributed by atoms with Crippen LogP contribution in [0.4, 0.5) is 0 Å². The van der Waals surface area contributed by atoms with Gasteiger partial charge < -0.3 is 0 Å². The molecule has 3 aromatic heterocycles. The number of pyridine rings is 2. The van der Waals surface area contributed by atoms with Crippen molar-refractivity contribution in [1.82, 2.24) is 13.9 Å². The van der Waals surface area contributed by atoms with Crippen LogP contribution in [0.25, 0.3) is 22.2 Å². The molecule has 4 rings (SSSR count). The maximum Gasteiger partial charge on any atom is 0.244 e. The number of aryl methyl sites for hydroxylation is 2. The molecule has 7 heteroatoms. The van der Waals surface area contributed by atoms with Gasteiger partial charge in [-0.25, -0.2) is 17.4 Å². The maximum absolute atomic E-state index is 13.2. The van der Waals surface area contributed by atoms with Crippen molar-refractivity contribution >= 4 is 32.7 Å². The second-order valence-corrected chi connectivity index (χ2v) is 9.03. The molecular formula is C21H18ClN3O2S. The lowest BCUT2D eigenvalue weighted by Crippen LogP contribution is -2.14. The molecule has 0 spiro atoms. The van der Waals surface area contributed by atoms with Crippen LogP contribution in [0.5, 0.6) is 0 Å². The van der Waals surface area contributed by atoms with E-state index in [1.165, 1.54) is 10.2 Å². The third-order valence-electron chi connectivity index (χ3n) is 4.60. The molecule has 4 aromatic rings. The van der Waals surface area contributed by atoms with E-state index in [4.69, 9.17) is 11.6 Å². The molecule has 0 aliphatic carbocycles. The van der Waals surface area contributed by atoms with Crippen molar-refractivity contribution in [3.63, 3.8) is 0 Å². The Morgan fingerprint density at radius 2 is 1.75 bits per heavy atom. The highest BCUT2D eigenvalue weighted by Gasteiger charge is 2.22. The van der Waals surface area contributed by atoms with E-state index in [2.05, 4.69) is 9.97 Å². The molecule has 0 fully saturated rings. The molecule has 28 heavy (non-hydrogen) atoms. The topological polar surface area (TPSA) is 64.8 Å². The summed E-state index contributed by atoms with van der Waals surface area (Å²) in [6.45, 7) is 3.85. The zero-order chi connectivity index (χ0) is 19.9. The zero-order valence-corrected chi connectivity index (χ0v) is 17.0. The molecule has 0 atom stereocenters. The fourth-order valence-corrected chi connectivity index (χ4v) is 4.84. The monoisotopic (exact) mass is 411 g/mol. The lowest BCUT2D eigenvalue weighted by Gasteiger charge is -2.07. The average Bonchev–Trinajstić information content (AvgIpc) is 3.03. The van der Waals surface area contributed by atoms with Gasteiger partial charge in [0.2, 0.25) is 10.0 Å². The number of fused-ring (bicyclic) bond motifs is 1. The van der Waals surface area contributed by atoms with Gasteiger partial charge in [-0.15, -0.1) is 0 Å². The van der Waals surface area contributed by atoms with Gasteiger partial charge in [-0.05, 0) is 42.7 Å². The Morgan fingerprint density at radius 3 is 2.50 bits per heavy atom. The van der Waals surface area contributed by atoms with Crippen LogP contribution < -0.4 is 0 Å². The summed E-state index contributed by atoms with van der Waals surface area (Å²) in [4.78, 5) is 8.63. The Balaban J connectivity index is 1.94. The van der Waals surface area contributed by atoms with E-state index >= 15 is 0 Å². The minimum absolute atomic E-state index is 0.115. The molecule has 142 valence electrons. The number of rotatable bonds is 4. The minimum atomic E-state index is -3.67. The van der Waals surface area contributed by atoms with Gasteiger partial charge in [-0.1, -0.05) is 41.9 Å². The van der Waals surface area contributed by atoms with Gasteiger partial charge in [-0.2, -0.15) is 0 Å². The van der Waals surface area contributed by atoms with E-state index in [9.17, 15) is 8.42 Å². The van der Waals surface area contributed by atoms with Crippen LogP contribution in [0.1, 0.15) is 16.8 Å². The Morgan fingerprint density at radius 1 is 1.00 bits per heavy atom. The van der Waals surface area contributed by atoms with E-state index in [1.54, 1.807) is 30.6 Å². The fraction of sp³-hybridized carbons (Fsp3) is 0.143. The van der Waals surface area contributed by atoms with Crippen molar-refractivity contribution in [2.24, 2.45) is 0 Å². The smallest absolute Gasteiger partial charge is 0.244 e. The lowest BCUT2D eigenvalue weighted by atomic mass is 10.0. The van der Waals surface area contributed by atoms with Crippen LogP contribution in [0.2, 0.25) is 5.02 Å². The Hall–Kier alpha value is -2.70. The van der Waals surface area contributed by atoms with Gasteiger partial charge in [0.05, 0.1) is 10.8 Å². The number of aromatic nitrogens is 3. The predicted octanol–water partition coefficient (Wildman–Crippen LogP) is 4.75. The number of nitrogens with zero attached hydrogens (tertiary/aromatic N) is 3. The summed E-state index contributed by atoms with van der Waals surface area (Å²) in [7, 11) is -3.67. The summed E-state index contributed by atoms with van der Waals surface area (Å²) in [5, 5.41) is 1.15. The van der Waals surface area contributed by atoms with E-state index in [0.29, 0.717) is 16.1 Å². The lowest BCUT2D eigenvalue weighted by molar-refractivity contribution is 0.588. The molecule has 0 aliphatic rings. The first kappa shape index (κ1) is 18.7. The van der Waals surface area contributed by atoms with Gasteiger partial charge in [0.1, 0.15) is 0 Å². The second kappa shape index (κ2) is 7.04. The number of halogens is 1. The van der Waals surface area contributed by atoms with Crippen LogP contribution in [-0.4, -0.2) is 22.4 Å². The standard InChI is InChI=1S/C21H18ClN3O2S/c1-14-10-23-15(2)8-18(14)20-12-25(21-19(20)9-17(22)11-24-21)28(26,27)13-16-6-4-3-5-7-16/h3-12H,13H2,1-2H3. The largest absolute Gasteiger partial charge is 0.261 e. The van der Waals surface area contributed by atoms with Crippen LogP contribution in [0, 0.1) is 13.8 Å². The summed E-state index contributed by atoms with van der Waals surface area (Å²) in [5.74, 6) is -0.115. The maximum atomic E-state index is 13.2. The second-order valence-electron chi connectivity index (χ2n) is 6.75. The first-order valence-electron chi connectivity index (χ1n) is 8.72. The van der Waals surface area contributed by atoms with Gasteiger partial charge in [0.15, 0.2) is 5.65 Å². The highest BCUT2D eigenvalue weighted by atomic mass is 35.5. The van der Waals surface area contributed by atoms with Gasteiger partial charge in [0, 0.05) is 35.2 Å². The molecule has 0 saturated carbocycles. The van der Waals surface area contributed by atoms with Gasteiger partial charge in [0.25, 0.3) is 0 Å². The van der Waals surface area contributed by atoms with Crippen molar-refractivity contribution in [3.05, 3.63) is 82.9 Å². The van der Waals surface area contributed by atoms with Gasteiger partial charge >= 0.3 is 0 Å². The van der Waals surface area contributed by atoms with Crippen molar-refractivity contribution in [2.45, 2.75) is 19.6 Å². The molecule has 0 aliphatic heterocycles. The Kier molecular flexibility index (Phi) is 4.69. The number of hydrogen-bond acceptors (Lipinski definition) is 4. The van der Waals surface area contributed by atoms with E-state index in [0.717, 1.165) is 27.9 Å². The molecule has 0 bridgehead atoms. The van der Waals surface area contributed by atoms with Crippen molar-refractivity contribution in [3.8, 4) is 11.1 Å². The minimum Gasteiger partial charge on any atom is -0.261 e. The van der Waals surface area contributed by atoms with Crippen LogP contribution in [-0.2, 0) is 15.8 Å². The molecular weight excluding hydrogens is 394 g/mol. The van der Waals surface area contributed by atoms with E-state index in [-0.39, 0.29) is 5.75 Å². The van der Waals surface area contributed by atoms with Crippen LogP contribution >= 0.6 is 11.6 Å². The highest BCUT2D eigenvalue weighted by molar-refractivity contribution is 7.89. The molecule has 0 saturated heterocycles. The van der Waals surface area contributed by atoms with Gasteiger partial charge in [-0.3, -0.25) is 4.98 Å². The van der Waals surface area contributed by atoms with Crippen LogP contribution in [0.3, 0.4) is 0 Å². The molecule has 3 heterocycles. The zero-order valence-electron chi connectivity index (χ0n) is 15.4. The Labute approximate surface area is 168 Å². The number of benzene rings is 1. The summed E-state index contributed by atoms with van der Waals surface area (Å²) >= 11 is 6.17. The molecule has 0 amide bonds. The summed E-state index contributed by atoms with van der Waals surface area (Å²) in [6.07, 6.45) is 4.88. The molecule has 0 radical (unpaired) electrons. The average molecular weight is 412 g/mol. The fourth-order valence-electron chi connectivity index (χ4n) is 3.25. The van der Waals surface area contributed by atoms with E-state index < -0.39 is 10.0 Å². The summed E-state index contributed by atoms with van der Waals surface area (Å²) in [6, 6.07) is 12.8. The molecule has 5 nitrogen and oxygen atoms in total. The highest BCUT2D eigenvalue weighted by Crippen LogP contribution is 2.34. The van der Waals surface area contributed by atoms with Crippen LogP contribution in [0.15, 0.2) is 61.1 Å². The third kappa shape index (κ3) is 3.41. The predicted molar refractivity (Wildman–Crippen MR) is 112 cm³/mol. The Bertz CT molecular complexity index is 1280. The molecule has 1 aromatic carbocycles. The first-order chi connectivity index (χ1) is 13.3. The number of hydrogen-bond donors (Lipinski definition) is 0. The molecule has 0 unspecified atom stereocenters. The third-order valence-corrected chi connectivity index (χ3v) is 6.38. The SMILES string of the molecule is Cc1cc(-c2cn(S(=O)(=O)Cc3ccccc3)c3ncc(Cl)cc23)c(C)cn1. The summed E-state index contributed by atoms with van der Waals surface area (Å²) < 4.78 is 27.6. The normalized spacial score (nSPS) is 11.8. The molecule has 0 N–H and O–H groups in total. The quantitative estimate of drug-likeness (QED) is 0.486. The van der Waals surface area contributed by atoms with Crippen molar-refractivity contribution in [1.29, 1.82) is 0 Å². The van der Waals surface area contributed by atoms with E-state index in [1.807, 2.05) is 38.1 Å².